The maximum Gasteiger partial charge on any atom is 0.303 e. The summed E-state index contributed by atoms with van der Waals surface area (Å²) in [4.78, 5) is 16.1. The van der Waals surface area contributed by atoms with Crippen LogP contribution < -0.4 is 0 Å². The molecule has 0 bridgehead atoms. The van der Waals surface area contributed by atoms with Gasteiger partial charge in [-0.05, 0) is 67.2 Å². The van der Waals surface area contributed by atoms with Gasteiger partial charge >= 0.3 is 5.97 Å². The highest BCUT2D eigenvalue weighted by Gasteiger charge is 2.55. The maximum atomic E-state index is 11.5. The molecule has 2 aliphatic heterocycles. The van der Waals surface area contributed by atoms with E-state index in [1.54, 1.807) is 11.8 Å². The van der Waals surface area contributed by atoms with Crippen LogP contribution in [-0.4, -0.2) is 39.6 Å². The molecular formula is C21H24BrNO4S. The smallest absolute Gasteiger partial charge is 0.303 e. The van der Waals surface area contributed by atoms with Crippen LogP contribution in [0.5, 0.6) is 0 Å². The third-order valence-corrected chi connectivity index (χ3v) is 7.41. The fourth-order valence-corrected chi connectivity index (χ4v) is 5.74. The normalized spacial score (nSPS) is 28.5. The van der Waals surface area contributed by atoms with Crippen LogP contribution in [0.2, 0.25) is 0 Å². The largest absolute Gasteiger partial charge is 0.449 e. The molecule has 0 amide bonds. The van der Waals surface area contributed by atoms with Crippen molar-refractivity contribution in [2.24, 2.45) is 0 Å². The highest BCUT2D eigenvalue weighted by molar-refractivity contribution is 9.10. The van der Waals surface area contributed by atoms with Crippen molar-refractivity contribution >= 4 is 44.6 Å². The quantitative estimate of drug-likeness (QED) is 0.606. The number of aromatic nitrogens is 1. The molecule has 0 N–H and O–H groups in total. The molecule has 2 aliphatic rings. The summed E-state index contributed by atoms with van der Waals surface area (Å²) in [6, 6.07) is 8.54. The van der Waals surface area contributed by atoms with Gasteiger partial charge in [0.2, 0.25) is 0 Å². The van der Waals surface area contributed by atoms with E-state index in [4.69, 9.17) is 14.2 Å². The molecule has 2 aromatic rings. The zero-order valence-corrected chi connectivity index (χ0v) is 18.8. The number of rotatable bonds is 4. The van der Waals surface area contributed by atoms with Crippen LogP contribution in [0.25, 0.3) is 10.9 Å². The van der Waals surface area contributed by atoms with Gasteiger partial charge in [0.05, 0.1) is 11.2 Å². The molecule has 28 heavy (non-hydrogen) atoms. The van der Waals surface area contributed by atoms with E-state index in [0.29, 0.717) is 0 Å². The summed E-state index contributed by atoms with van der Waals surface area (Å²) in [6.45, 7) is 7.26. The molecule has 1 aromatic carbocycles. The summed E-state index contributed by atoms with van der Waals surface area (Å²) in [7, 11) is 0. The third-order valence-electron chi connectivity index (χ3n) is 5.12. The number of halogens is 1. The lowest BCUT2D eigenvalue weighted by atomic mass is 10.0. The van der Waals surface area contributed by atoms with Gasteiger partial charge in [-0.25, -0.2) is 0 Å². The standard InChI is InChI=1S/C21H24BrNO4S/c1-11-15(22)10-14-7-5-13(9-16(14)23-11)6-8-17-18-19(27-21(3,4)26-18)20(28-17)25-12(2)24/h5,7,9-10,17-20H,6,8H2,1-4H3/t17-,18-,19-,20?/m1/s1. The zero-order chi connectivity index (χ0) is 20.1. The summed E-state index contributed by atoms with van der Waals surface area (Å²) in [6.07, 6.45) is 1.54. The van der Waals surface area contributed by atoms with Crippen LogP contribution in [0.15, 0.2) is 28.7 Å². The van der Waals surface area contributed by atoms with Gasteiger partial charge in [-0.2, -0.15) is 0 Å². The van der Waals surface area contributed by atoms with Crippen molar-refractivity contribution in [2.75, 3.05) is 0 Å². The molecule has 0 aliphatic carbocycles. The van der Waals surface area contributed by atoms with Crippen molar-refractivity contribution in [1.82, 2.24) is 4.98 Å². The number of hydrogen-bond donors (Lipinski definition) is 0. The number of pyridine rings is 1. The van der Waals surface area contributed by atoms with Crippen LogP contribution in [0.4, 0.5) is 0 Å². The number of ether oxygens (including phenoxy) is 3. The molecule has 3 heterocycles. The van der Waals surface area contributed by atoms with Crippen molar-refractivity contribution in [3.05, 3.63) is 40.0 Å². The van der Waals surface area contributed by atoms with Crippen molar-refractivity contribution < 1.29 is 19.0 Å². The Morgan fingerprint density at radius 2 is 2.04 bits per heavy atom. The highest BCUT2D eigenvalue weighted by Crippen LogP contribution is 2.47. The van der Waals surface area contributed by atoms with Crippen LogP contribution in [0.3, 0.4) is 0 Å². The molecule has 2 fully saturated rings. The minimum absolute atomic E-state index is 0.0684. The minimum Gasteiger partial charge on any atom is -0.449 e. The molecule has 5 nitrogen and oxygen atoms in total. The Kier molecular flexibility index (Phi) is 5.46. The van der Waals surface area contributed by atoms with Gasteiger partial charge in [-0.3, -0.25) is 9.78 Å². The number of thioether (sulfide) groups is 1. The molecule has 150 valence electrons. The Bertz CT molecular complexity index is 919. The van der Waals surface area contributed by atoms with Gasteiger partial charge < -0.3 is 14.2 Å². The van der Waals surface area contributed by atoms with Crippen LogP contribution >= 0.6 is 27.7 Å². The van der Waals surface area contributed by atoms with Crippen molar-refractivity contribution in [2.45, 2.75) is 69.2 Å². The Labute approximate surface area is 177 Å². The average Bonchev–Trinajstić information content (AvgIpc) is 3.08. The van der Waals surface area contributed by atoms with Crippen LogP contribution in [0.1, 0.15) is 38.4 Å². The first-order valence-corrected chi connectivity index (χ1v) is 11.2. The Balaban J connectivity index is 1.48. The predicted molar refractivity (Wildman–Crippen MR) is 113 cm³/mol. The zero-order valence-electron chi connectivity index (χ0n) is 16.4. The van der Waals surface area contributed by atoms with E-state index in [0.717, 1.165) is 33.9 Å². The van der Waals surface area contributed by atoms with Crippen molar-refractivity contribution in [3.63, 3.8) is 0 Å². The average molecular weight is 466 g/mol. The monoisotopic (exact) mass is 465 g/mol. The van der Waals surface area contributed by atoms with Crippen LogP contribution in [0, 0.1) is 6.92 Å². The van der Waals surface area contributed by atoms with E-state index in [1.165, 1.54) is 12.5 Å². The van der Waals surface area contributed by atoms with E-state index in [2.05, 4.69) is 45.2 Å². The maximum absolute atomic E-state index is 11.5. The first kappa shape index (κ1) is 20.1. The van der Waals surface area contributed by atoms with Gasteiger partial charge in [0.1, 0.15) is 12.2 Å². The summed E-state index contributed by atoms with van der Waals surface area (Å²) < 4.78 is 18.7. The fourth-order valence-electron chi connectivity index (χ4n) is 3.88. The van der Waals surface area contributed by atoms with E-state index >= 15 is 0 Å². The Morgan fingerprint density at radius 3 is 2.79 bits per heavy atom. The summed E-state index contributed by atoms with van der Waals surface area (Å²) in [5, 5.41) is 1.34. The van der Waals surface area contributed by atoms with Gasteiger partial charge in [-0.1, -0.05) is 12.1 Å². The fraction of sp³-hybridized carbons (Fsp3) is 0.524. The lowest BCUT2D eigenvalue weighted by Crippen LogP contribution is -2.31. The molecule has 0 saturated carbocycles. The molecule has 4 rings (SSSR count). The molecule has 2 saturated heterocycles. The molecule has 0 spiro atoms. The number of benzene rings is 1. The van der Waals surface area contributed by atoms with E-state index < -0.39 is 5.79 Å². The van der Waals surface area contributed by atoms with Crippen molar-refractivity contribution in [1.29, 1.82) is 0 Å². The second-order valence-electron chi connectivity index (χ2n) is 7.84. The van der Waals surface area contributed by atoms with E-state index in [9.17, 15) is 4.79 Å². The number of nitrogens with zero attached hydrogens (tertiary/aromatic N) is 1. The Morgan fingerprint density at radius 1 is 1.29 bits per heavy atom. The topological polar surface area (TPSA) is 57.7 Å². The van der Waals surface area contributed by atoms with Crippen molar-refractivity contribution in [3.8, 4) is 0 Å². The summed E-state index contributed by atoms with van der Waals surface area (Å²) in [5.41, 5.74) is 2.93. The number of aryl methyl sites for hydroxylation is 2. The van der Waals surface area contributed by atoms with E-state index in [-0.39, 0.29) is 28.9 Å². The molecule has 1 aromatic heterocycles. The summed E-state index contributed by atoms with van der Waals surface area (Å²) in [5.74, 6) is -0.933. The van der Waals surface area contributed by atoms with Gasteiger partial charge in [0.15, 0.2) is 11.2 Å². The second-order valence-corrected chi connectivity index (χ2v) is 10.0. The lowest BCUT2D eigenvalue weighted by molar-refractivity contribution is -0.162. The lowest BCUT2D eigenvalue weighted by Gasteiger charge is -2.23. The molecule has 1 unspecified atom stereocenters. The van der Waals surface area contributed by atoms with Gasteiger partial charge in [-0.15, -0.1) is 11.8 Å². The Hall–Kier alpha value is -1.15. The van der Waals surface area contributed by atoms with Gasteiger partial charge in [0, 0.05) is 22.0 Å². The molecule has 7 heteroatoms. The predicted octanol–water partition coefficient (Wildman–Crippen LogP) is 4.76. The van der Waals surface area contributed by atoms with Gasteiger partial charge in [0.25, 0.3) is 0 Å². The summed E-state index contributed by atoms with van der Waals surface area (Å²) >= 11 is 5.19. The first-order valence-electron chi connectivity index (χ1n) is 9.46. The molecular weight excluding hydrogens is 442 g/mol. The van der Waals surface area contributed by atoms with E-state index in [1.807, 2.05) is 20.8 Å². The highest BCUT2D eigenvalue weighted by atomic mass is 79.9. The molecule has 4 atom stereocenters. The number of carbonyl (C=O) groups excluding carboxylic acids is 1. The third kappa shape index (κ3) is 4.08. The van der Waals surface area contributed by atoms with Crippen LogP contribution in [-0.2, 0) is 25.4 Å². The SMILES string of the molecule is CC(=O)OC1S[C@H](CCc2ccc3cc(Br)c(C)nc3c2)[C@H]2OC(C)(C)O[C@@H]12. The number of hydrogen-bond acceptors (Lipinski definition) is 6. The number of esters is 1. The second kappa shape index (κ2) is 7.59. The molecule has 0 radical (unpaired) electrons. The number of fused-ring (bicyclic) bond motifs is 2. The number of carbonyl (C=O) groups is 1. The minimum atomic E-state index is -0.648. The first-order chi connectivity index (χ1) is 13.2.